The Balaban J connectivity index is 2.43. The van der Waals surface area contributed by atoms with Crippen LogP contribution in [0.1, 0.15) is 11.7 Å². The van der Waals surface area contributed by atoms with E-state index in [1.807, 2.05) is 24.3 Å². The zero-order valence-corrected chi connectivity index (χ0v) is 8.81. The zero-order valence-electron chi connectivity index (χ0n) is 8.81. The van der Waals surface area contributed by atoms with Gasteiger partial charge in [-0.05, 0) is 22.4 Å². The third-order valence-corrected chi connectivity index (χ3v) is 2.47. The molecular formula is C13H11FO2. The molecule has 0 saturated heterocycles. The monoisotopic (exact) mass is 218 g/mol. The molecule has 0 bridgehead atoms. The number of alkyl halides is 1. The minimum atomic E-state index is -1.71. The Morgan fingerprint density at radius 3 is 2.56 bits per heavy atom. The topological polar surface area (TPSA) is 26.3 Å². The van der Waals surface area contributed by atoms with Gasteiger partial charge >= 0.3 is 5.97 Å². The van der Waals surface area contributed by atoms with Crippen LogP contribution in [0.15, 0.2) is 42.5 Å². The molecule has 0 heterocycles. The zero-order chi connectivity index (χ0) is 11.5. The first-order chi connectivity index (χ1) is 7.72. The number of esters is 1. The smallest absolute Gasteiger partial charge is 0.345 e. The first-order valence-corrected chi connectivity index (χ1v) is 4.93. The number of carbonyl (C=O) groups excluding carboxylic acids is 1. The van der Waals surface area contributed by atoms with Gasteiger partial charge in [0.2, 0.25) is 6.17 Å². The Kier molecular flexibility index (Phi) is 2.86. The SMILES string of the molecule is COC(=O)C(F)c1ccc2ccccc2c1. The van der Waals surface area contributed by atoms with Gasteiger partial charge in [-0.3, -0.25) is 0 Å². The number of hydrogen-bond donors (Lipinski definition) is 0. The van der Waals surface area contributed by atoms with Crippen molar-refractivity contribution < 1.29 is 13.9 Å². The molecule has 1 unspecified atom stereocenters. The van der Waals surface area contributed by atoms with E-state index in [1.54, 1.807) is 18.2 Å². The number of methoxy groups -OCH3 is 1. The molecule has 2 nitrogen and oxygen atoms in total. The van der Waals surface area contributed by atoms with E-state index < -0.39 is 12.1 Å². The van der Waals surface area contributed by atoms with Gasteiger partial charge in [0.25, 0.3) is 0 Å². The fraction of sp³-hybridized carbons (Fsp3) is 0.154. The minimum absolute atomic E-state index is 0.325. The Morgan fingerprint density at radius 2 is 1.88 bits per heavy atom. The van der Waals surface area contributed by atoms with Crippen LogP contribution < -0.4 is 0 Å². The van der Waals surface area contributed by atoms with E-state index in [2.05, 4.69) is 4.74 Å². The molecule has 3 heteroatoms. The van der Waals surface area contributed by atoms with Crippen LogP contribution in [-0.4, -0.2) is 13.1 Å². The first-order valence-electron chi connectivity index (χ1n) is 4.93. The third-order valence-electron chi connectivity index (χ3n) is 2.47. The highest BCUT2D eigenvalue weighted by Gasteiger charge is 2.20. The molecule has 0 fully saturated rings. The van der Waals surface area contributed by atoms with E-state index in [9.17, 15) is 9.18 Å². The minimum Gasteiger partial charge on any atom is -0.467 e. The van der Waals surface area contributed by atoms with Gasteiger partial charge in [-0.2, -0.15) is 0 Å². The number of fused-ring (bicyclic) bond motifs is 1. The average molecular weight is 218 g/mol. The van der Waals surface area contributed by atoms with Gasteiger partial charge in [-0.25, -0.2) is 9.18 Å². The molecule has 0 saturated carbocycles. The van der Waals surface area contributed by atoms with Crippen molar-refractivity contribution in [3.05, 3.63) is 48.0 Å². The predicted molar refractivity (Wildman–Crippen MR) is 59.8 cm³/mol. The van der Waals surface area contributed by atoms with E-state index >= 15 is 0 Å². The summed E-state index contributed by atoms with van der Waals surface area (Å²) in [5.41, 5.74) is 0.325. The van der Waals surface area contributed by atoms with Gasteiger partial charge in [0.05, 0.1) is 7.11 Å². The predicted octanol–water partition coefficient (Wildman–Crippen LogP) is 3.02. The standard InChI is InChI=1S/C13H11FO2/c1-16-13(15)12(14)11-7-6-9-4-2-3-5-10(9)8-11/h2-8,12H,1H3. The summed E-state index contributed by atoms with van der Waals surface area (Å²) in [6.07, 6.45) is -1.71. The van der Waals surface area contributed by atoms with Crippen molar-refractivity contribution in [2.24, 2.45) is 0 Å². The highest BCUT2D eigenvalue weighted by Crippen LogP contribution is 2.23. The molecule has 16 heavy (non-hydrogen) atoms. The van der Waals surface area contributed by atoms with Crippen molar-refractivity contribution in [1.29, 1.82) is 0 Å². The summed E-state index contributed by atoms with van der Waals surface area (Å²) in [5.74, 6) is -0.865. The van der Waals surface area contributed by atoms with Crippen LogP contribution in [-0.2, 0) is 9.53 Å². The van der Waals surface area contributed by atoms with Gasteiger partial charge in [-0.15, -0.1) is 0 Å². The van der Waals surface area contributed by atoms with E-state index in [-0.39, 0.29) is 0 Å². The lowest BCUT2D eigenvalue weighted by Crippen LogP contribution is -2.09. The summed E-state index contributed by atoms with van der Waals surface area (Å²) < 4.78 is 17.9. The fourth-order valence-corrected chi connectivity index (χ4v) is 1.60. The largest absolute Gasteiger partial charge is 0.467 e. The van der Waals surface area contributed by atoms with Crippen LogP contribution >= 0.6 is 0 Å². The van der Waals surface area contributed by atoms with Crippen LogP contribution in [0, 0.1) is 0 Å². The normalized spacial score (nSPS) is 12.4. The lowest BCUT2D eigenvalue weighted by Gasteiger charge is -2.07. The molecule has 0 aromatic heterocycles. The molecule has 0 amide bonds. The number of ether oxygens (including phenoxy) is 1. The summed E-state index contributed by atoms with van der Waals surface area (Å²) in [7, 11) is 1.18. The molecule has 2 rings (SSSR count). The molecule has 82 valence electrons. The number of halogens is 1. The Bertz CT molecular complexity index is 522. The molecule has 0 aliphatic carbocycles. The van der Waals surface area contributed by atoms with Gasteiger partial charge < -0.3 is 4.74 Å². The number of carbonyl (C=O) groups is 1. The lowest BCUT2D eigenvalue weighted by atomic mass is 10.0. The van der Waals surface area contributed by atoms with E-state index in [4.69, 9.17) is 0 Å². The molecule has 0 radical (unpaired) electrons. The van der Waals surface area contributed by atoms with Gasteiger partial charge in [-0.1, -0.05) is 36.4 Å². The Hall–Kier alpha value is -1.90. The first kappa shape index (κ1) is 10.6. The summed E-state index contributed by atoms with van der Waals surface area (Å²) in [6.45, 7) is 0. The van der Waals surface area contributed by atoms with E-state index in [0.717, 1.165) is 10.8 Å². The van der Waals surface area contributed by atoms with Crippen molar-refractivity contribution in [1.82, 2.24) is 0 Å². The molecule has 2 aromatic carbocycles. The Labute approximate surface area is 92.6 Å². The van der Waals surface area contributed by atoms with Crippen molar-refractivity contribution in [3.63, 3.8) is 0 Å². The van der Waals surface area contributed by atoms with E-state index in [1.165, 1.54) is 7.11 Å². The summed E-state index contributed by atoms with van der Waals surface area (Å²) in [5, 5.41) is 1.93. The maximum atomic E-state index is 13.6. The van der Waals surface area contributed by atoms with Gasteiger partial charge in [0, 0.05) is 0 Å². The lowest BCUT2D eigenvalue weighted by molar-refractivity contribution is -0.146. The molecule has 0 aliphatic heterocycles. The van der Waals surface area contributed by atoms with Crippen molar-refractivity contribution in [2.45, 2.75) is 6.17 Å². The summed E-state index contributed by atoms with van der Waals surface area (Å²) in [4.78, 5) is 11.1. The van der Waals surface area contributed by atoms with Crippen LogP contribution in [0.5, 0.6) is 0 Å². The van der Waals surface area contributed by atoms with Crippen LogP contribution in [0.25, 0.3) is 10.8 Å². The highest BCUT2D eigenvalue weighted by atomic mass is 19.1. The number of rotatable bonds is 2. The molecule has 2 aromatic rings. The second kappa shape index (κ2) is 4.31. The van der Waals surface area contributed by atoms with E-state index in [0.29, 0.717) is 5.56 Å². The third kappa shape index (κ3) is 1.89. The van der Waals surface area contributed by atoms with Crippen molar-refractivity contribution >= 4 is 16.7 Å². The molecule has 0 N–H and O–H groups in total. The molecule has 1 atom stereocenters. The maximum Gasteiger partial charge on any atom is 0.345 e. The van der Waals surface area contributed by atoms with Crippen LogP contribution in [0.4, 0.5) is 4.39 Å². The molecule has 0 spiro atoms. The second-order valence-electron chi connectivity index (χ2n) is 3.49. The second-order valence-corrected chi connectivity index (χ2v) is 3.49. The van der Waals surface area contributed by atoms with Crippen LogP contribution in [0.3, 0.4) is 0 Å². The Morgan fingerprint density at radius 1 is 1.19 bits per heavy atom. The molecule has 0 aliphatic rings. The quantitative estimate of drug-likeness (QED) is 0.724. The average Bonchev–Trinajstić information content (AvgIpc) is 2.36. The number of benzene rings is 2. The number of hydrogen-bond acceptors (Lipinski definition) is 2. The van der Waals surface area contributed by atoms with Gasteiger partial charge in [0.1, 0.15) is 0 Å². The van der Waals surface area contributed by atoms with Crippen molar-refractivity contribution in [3.8, 4) is 0 Å². The van der Waals surface area contributed by atoms with Crippen molar-refractivity contribution in [2.75, 3.05) is 7.11 Å². The summed E-state index contributed by atoms with van der Waals surface area (Å²) >= 11 is 0. The molecular weight excluding hydrogens is 207 g/mol. The van der Waals surface area contributed by atoms with Crippen LogP contribution in [0.2, 0.25) is 0 Å². The fourth-order valence-electron chi connectivity index (χ4n) is 1.60. The van der Waals surface area contributed by atoms with Gasteiger partial charge in [0.15, 0.2) is 0 Å². The maximum absolute atomic E-state index is 13.6. The highest BCUT2D eigenvalue weighted by molar-refractivity contribution is 5.85. The summed E-state index contributed by atoms with van der Waals surface area (Å²) in [6, 6.07) is 12.7.